The third-order valence-electron chi connectivity index (χ3n) is 3.23. The maximum absolute atomic E-state index is 11.7. The van der Waals surface area contributed by atoms with Crippen LogP contribution in [-0.4, -0.2) is 49.3 Å². The van der Waals surface area contributed by atoms with E-state index < -0.39 is 0 Å². The number of rotatable bonds is 8. The Labute approximate surface area is 157 Å². The average Bonchev–Trinajstić information content (AvgIpc) is 2.62. The summed E-state index contributed by atoms with van der Waals surface area (Å²) in [5, 5.41) is 4.46. The van der Waals surface area contributed by atoms with Crippen LogP contribution in [0.4, 0.5) is 5.82 Å². The minimum absolute atomic E-state index is 0.124. The van der Waals surface area contributed by atoms with Crippen LogP contribution in [-0.2, 0) is 4.79 Å². The summed E-state index contributed by atoms with van der Waals surface area (Å²) < 4.78 is 11.1. The van der Waals surface area contributed by atoms with Gasteiger partial charge in [-0.3, -0.25) is 10.2 Å². The molecule has 8 heteroatoms. The number of nitrogens with zero attached hydrogens (tertiary/aromatic N) is 3. The van der Waals surface area contributed by atoms with Gasteiger partial charge in [0.2, 0.25) is 0 Å². The van der Waals surface area contributed by atoms with Crippen molar-refractivity contribution in [1.82, 2.24) is 9.88 Å². The standard InChI is InChI=1S/C18H21ClN4O3/c1-4-25-15-10-13(11-21-22-16-7-5-6-8-20-16)9-14(19)18(15)26-12-17(24)23(2)3/h5-11H,4,12H2,1-3H3,(H,20,22)/b21-11-. The molecule has 2 aromatic rings. The summed E-state index contributed by atoms with van der Waals surface area (Å²) in [6, 6.07) is 8.91. The molecule has 0 spiro atoms. The number of carbonyl (C=O) groups excluding carboxylic acids is 1. The second kappa shape index (κ2) is 9.62. The first kappa shape index (κ1) is 19.5. The summed E-state index contributed by atoms with van der Waals surface area (Å²) in [6.07, 6.45) is 3.26. The zero-order valence-corrected chi connectivity index (χ0v) is 15.7. The van der Waals surface area contributed by atoms with E-state index in [-0.39, 0.29) is 12.5 Å². The molecule has 0 atom stereocenters. The number of amides is 1. The number of likely N-dealkylation sites (N-methyl/N-ethyl adjacent to an activating group) is 1. The van der Waals surface area contributed by atoms with Crippen molar-refractivity contribution in [2.75, 3.05) is 32.7 Å². The lowest BCUT2D eigenvalue weighted by Gasteiger charge is -2.16. The van der Waals surface area contributed by atoms with Crippen LogP contribution in [0.2, 0.25) is 5.02 Å². The summed E-state index contributed by atoms with van der Waals surface area (Å²) >= 11 is 6.30. The van der Waals surface area contributed by atoms with E-state index in [2.05, 4.69) is 15.5 Å². The lowest BCUT2D eigenvalue weighted by molar-refractivity contribution is -0.130. The van der Waals surface area contributed by atoms with E-state index in [1.165, 1.54) is 4.90 Å². The number of halogens is 1. The molecule has 1 amide bonds. The van der Waals surface area contributed by atoms with Crippen LogP contribution in [0.15, 0.2) is 41.6 Å². The van der Waals surface area contributed by atoms with Crippen molar-refractivity contribution in [3.8, 4) is 11.5 Å². The van der Waals surface area contributed by atoms with Gasteiger partial charge < -0.3 is 14.4 Å². The Morgan fingerprint density at radius 1 is 1.35 bits per heavy atom. The first-order chi connectivity index (χ1) is 12.5. The molecule has 0 aliphatic rings. The number of benzene rings is 1. The third-order valence-corrected chi connectivity index (χ3v) is 3.51. The normalized spacial score (nSPS) is 10.6. The quantitative estimate of drug-likeness (QED) is 0.566. The van der Waals surface area contributed by atoms with Crippen molar-refractivity contribution in [3.63, 3.8) is 0 Å². The fourth-order valence-corrected chi connectivity index (χ4v) is 2.20. The zero-order chi connectivity index (χ0) is 18.9. The topological polar surface area (TPSA) is 76.0 Å². The molecule has 0 saturated heterocycles. The molecule has 1 N–H and O–H groups in total. The number of hydrogen-bond acceptors (Lipinski definition) is 6. The van der Waals surface area contributed by atoms with E-state index in [4.69, 9.17) is 21.1 Å². The number of anilines is 1. The predicted molar refractivity (Wildman–Crippen MR) is 102 cm³/mol. The number of hydrogen-bond donors (Lipinski definition) is 1. The second-order valence-electron chi connectivity index (χ2n) is 5.42. The summed E-state index contributed by atoms with van der Waals surface area (Å²) in [7, 11) is 3.32. The molecule has 0 unspecified atom stereocenters. The van der Waals surface area contributed by atoms with Crippen LogP contribution in [0, 0.1) is 0 Å². The van der Waals surface area contributed by atoms with Gasteiger partial charge in [0.05, 0.1) is 17.8 Å². The number of aromatic nitrogens is 1. The first-order valence-corrected chi connectivity index (χ1v) is 8.38. The lowest BCUT2D eigenvalue weighted by atomic mass is 10.2. The number of hydrazone groups is 1. The van der Waals surface area contributed by atoms with Gasteiger partial charge in [-0.05, 0) is 36.8 Å². The van der Waals surface area contributed by atoms with Gasteiger partial charge in [-0.2, -0.15) is 5.10 Å². The van der Waals surface area contributed by atoms with Gasteiger partial charge in [-0.15, -0.1) is 0 Å². The highest BCUT2D eigenvalue weighted by Gasteiger charge is 2.14. The molecule has 0 aliphatic heterocycles. The Hall–Kier alpha value is -2.80. The van der Waals surface area contributed by atoms with Crippen molar-refractivity contribution in [1.29, 1.82) is 0 Å². The Morgan fingerprint density at radius 2 is 2.15 bits per heavy atom. The van der Waals surface area contributed by atoms with E-state index in [0.29, 0.717) is 34.5 Å². The molecule has 26 heavy (non-hydrogen) atoms. The van der Waals surface area contributed by atoms with E-state index in [1.54, 1.807) is 44.7 Å². The molecule has 7 nitrogen and oxygen atoms in total. The molecule has 0 fully saturated rings. The first-order valence-electron chi connectivity index (χ1n) is 8.00. The Bertz CT molecular complexity index is 767. The van der Waals surface area contributed by atoms with Gasteiger partial charge >= 0.3 is 0 Å². The van der Waals surface area contributed by atoms with Gasteiger partial charge in [0.25, 0.3) is 5.91 Å². The summed E-state index contributed by atoms with van der Waals surface area (Å²) in [5.74, 6) is 1.24. The SMILES string of the molecule is CCOc1cc(/C=N\Nc2ccccn2)cc(Cl)c1OCC(=O)N(C)C. The molecule has 0 bridgehead atoms. The molecule has 1 aromatic heterocycles. The molecule has 138 valence electrons. The number of carbonyl (C=O) groups is 1. The van der Waals surface area contributed by atoms with Crippen molar-refractivity contribution in [2.24, 2.45) is 5.10 Å². The molecular weight excluding hydrogens is 356 g/mol. The predicted octanol–water partition coefficient (Wildman–Crippen LogP) is 3.05. The fraction of sp³-hybridized carbons (Fsp3) is 0.278. The van der Waals surface area contributed by atoms with Crippen LogP contribution < -0.4 is 14.9 Å². The van der Waals surface area contributed by atoms with Crippen molar-refractivity contribution < 1.29 is 14.3 Å². The van der Waals surface area contributed by atoms with E-state index >= 15 is 0 Å². The minimum atomic E-state index is -0.172. The van der Waals surface area contributed by atoms with Gasteiger partial charge in [0, 0.05) is 20.3 Å². The number of pyridine rings is 1. The monoisotopic (exact) mass is 376 g/mol. The summed E-state index contributed by atoms with van der Waals surface area (Å²) in [5.41, 5.74) is 3.54. The average molecular weight is 377 g/mol. The van der Waals surface area contributed by atoms with Crippen molar-refractivity contribution in [3.05, 3.63) is 47.1 Å². The van der Waals surface area contributed by atoms with Gasteiger partial charge in [-0.1, -0.05) is 17.7 Å². The van der Waals surface area contributed by atoms with E-state index in [9.17, 15) is 4.79 Å². The van der Waals surface area contributed by atoms with Gasteiger partial charge in [0.15, 0.2) is 18.1 Å². The molecule has 0 aliphatic carbocycles. The second-order valence-corrected chi connectivity index (χ2v) is 5.83. The van der Waals surface area contributed by atoms with Crippen LogP contribution in [0.3, 0.4) is 0 Å². The van der Waals surface area contributed by atoms with Gasteiger partial charge in [0.1, 0.15) is 5.82 Å². The van der Waals surface area contributed by atoms with Crippen molar-refractivity contribution >= 4 is 29.5 Å². The number of nitrogens with one attached hydrogen (secondary N) is 1. The maximum Gasteiger partial charge on any atom is 0.259 e. The zero-order valence-electron chi connectivity index (χ0n) is 14.9. The molecule has 1 aromatic carbocycles. The molecular formula is C18H21ClN4O3. The Balaban J connectivity index is 2.15. The molecule has 1 heterocycles. The van der Waals surface area contributed by atoms with Crippen LogP contribution >= 0.6 is 11.6 Å². The Morgan fingerprint density at radius 3 is 2.81 bits per heavy atom. The number of ether oxygens (including phenoxy) is 2. The van der Waals surface area contributed by atoms with E-state index in [0.717, 1.165) is 0 Å². The molecule has 0 saturated carbocycles. The van der Waals surface area contributed by atoms with Crippen LogP contribution in [0.5, 0.6) is 11.5 Å². The highest BCUT2D eigenvalue weighted by atomic mass is 35.5. The molecule has 2 rings (SSSR count). The minimum Gasteiger partial charge on any atom is -0.490 e. The van der Waals surface area contributed by atoms with Crippen LogP contribution in [0.1, 0.15) is 12.5 Å². The van der Waals surface area contributed by atoms with Crippen LogP contribution in [0.25, 0.3) is 0 Å². The summed E-state index contributed by atoms with van der Waals surface area (Å²) in [4.78, 5) is 17.3. The highest BCUT2D eigenvalue weighted by Crippen LogP contribution is 2.36. The van der Waals surface area contributed by atoms with Crippen molar-refractivity contribution in [2.45, 2.75) is 6.92 Å². The fourth-order valence-electron chi connectivity index (χ4n) is 1.93. The summed E-state index contributed by atoms with van der Waals surface area (Å²) in [6.45, 7) is 2.16. The Kier molecular flexibility index (Phi) is 7.23. The third kappa shape index (κ3) is 5.63. The lowest BCUT2D eigenvalue weighted by Crippen LogP contribution is -2.27. The van der Waals surface area contributed by atoms with Gasteiger partial charge in [-0.25, -0.2) is 4.98 Å². The van der Waals surface area contributed by atoms with E-state index in [1.807, 2.05) is 19.1 Å². The highest BCUT2D eigenvalue weighted by molar-refractivity contribution is 6.32. The maximum atomic E-state index is 11.7. The largest absolute Gasteiger partial charge is 0.490 e. The smallest absolute Gasteiger partial charge is 0.259 e. The molecule has 0 radical (unpaired) electrons.